The van der Waals surface area contributed by atoms with Crippen LogP contribution in [0.15, 0.2) is 58.3 Å². The fourth-order valence-corrected chi connectivity index (χ4v) is 3.52. The molecule has 4 aromatic rings. The molecule has 10 heteroatoms. The molecule has 9 nitrogen and oxygen atoms in total. The number of oxazole rings is 1. The number of methoxy groups -OCH3 is 3. The lowest BCUT2D eigenvalue weighted by Crippen LogP contribution is -2.02. The van der Waals surface area contributed by atoms with E-state index in [9.17, 15) is 0 Å². The summed E-state index contributed by atoms with van der Waals surface area (Å²) < 4.78 is 23.1. The SMILES string of the molecule is COc1ccc(-c2nc(CSc3nnnn3-c3cc(OC)ccc3OC)co2)cc1. The number of thioether (sulfide) groups is 1. The van der Waals surface area contributed by atoms with E-state index in [1.54, 1.807) is 32.3 Å². The lowest BCUT2D eigenvalue weighted by molar-refractivity contribution is 0.399. The summed E-state index contributed by atoms with van der Waals surface area (Å²) in [6, 6.07) is 13.0. The van der Waals surface area contributed by atoms with Gasteiger partial charge in [0, 0.05) is 17.4 Å². The van der Waals surface area contributed by atoms with Gasteiger partial charge in [-0.2, -0.15) is 4.68 Å². The smallest absolute Gasteiger partial charge is 0.226 e. The molecule has 2 aromatic carbocycles. The van der Waals surface area contributed by atoms with E-state index in [-0.39, 0.29) is 0 Å². The molecule has 0 bridgehead atoms. The molecule has 30 heavy (non-hydrogen) atoms. The Hall–Kier alpha value is -3.53. The molecule has 0 N–H and O–H groups in total. The Morgan fingerprint density at radius 2 is 1.73 bits per heavy atom. The van der Waals surface area contributed by atoms with Crippen molar-refractivity contribution in [1.82, 2.24) is 25.2 Å². The first kappa shape index (κ1) is 19.8. The van der Waals surface area contributed by atoms with Gasteiger partial charge in [-0.05, 0) is 46.8 Å². The zero-order chi connectivity index (χ0) is 20.9. The monoisotopic (exact) mass is 425 g/mol. The van der Waals surface area contributed by atoms with Gasteiger partial charge in [-0.3, -0.25) is 0 Å². The van der Waals surface area contributed by atoms with Gasteiger partial charge >= 0.3 is 0 Å². The fraction of sp³-hybridized carbons (Fsp3) is 0.200. The average molecular weight is 425 g/mol. The van der Waals surface area contributed by atoms with Gasteiger partial charge in [-0.25, -0.2) is 4.98 Å². The Bertz CT molecular complexity index is 1130. The minimum atomic E-state index is 0.534. The molecule has 0 spiro atoms. The molecular formula is C20H19N5O4S. The molecule has 154 valence electrons. The molecule has 0 aliphatic rings. The summed E-state index contributed by atoms with van der Waals surface area (Å²) in [6.45, 7) is 0. The Morgan fingerprint density at radius 1 is 0.967 bits per heavy atom. The van der Waals surface area contributed by atoms with Crippen LogP contribution in [0.25, 0.3) is 17.1 Å². The van der Waals surface area contributed by atoms with Crippen LogP contribution in [-0.2, 0) is 5.75 Å². The Kier molecular flexibility index (Phi) is 5.84. The van der Waals surface area contributed by atoms with E-state index in [0.717, 1.165) is 17.0 Å². The first-order chi connectivity index (χ1) is 14.7. The average Bonchev–Trinajstić information content (AvgIpc) is 3.46. The number of tetrazole rings is 1. The minimum Gasteiger partial charge on any atom is -0.497 e. The summed E-state index contributed by atoms with van der Waals surface area (Å²) in [4.78, 5) is 4.55. The molecule has 4 rings (SSSR count). The van der Waals surface area contributed by atoms with Crippen molar-refractivity contribution < 1.29 is 18.6 Å². The largest absolute Gasteiger partial charge is 0.497 e. The van der Waals surface area contributed by atoms with Crippen molar-refractivity contribution in [3.05, 3.63) is 54.4 Å². The molecule has 0 unspecified atom stereocenters. The van der Waals surface area contributed by atoms with Gasteiger partial charge in [0.25, 0.3) is 0 Å². The summed E-state index contributed by atoms with van der Waals surface area (Å²) in [5.74, 6) is 3.17. The Labute approximate surface area is 177 Å². The molecule has 0 fully saturated rings. The standard InChI is InChI=1S/C20H19N5O4S/c1-26-15-6-4-13(5-7-15)19-21-14(11-29-19)12-30-20-22-23-24-25(20)17-10-16(27-2)8-9-18(17)28-3/h4-11H,12H2,1-3H3. The third-order valence-electron chi connectivity index (χ3n) is 4.29. The van der Waals surface area contributed by atoms with Gasteiger partial charge in [0.05, 0.1) is 27.0 Å². The van der Waals surface area contributed by atoms with E-state index >= 15 is 0 Å². The van der Waals surface area contributed by atoms with Gasteiger partial charge in [-0.1, -0.05) is 11.8 Å². The minimum absolute atomic E-state index is 0.534. The number of hydrogen-bond donors (Lipinski definition) is 0. The van der Waals surface area contributed by atoms with E-state index in [4.69, 9.17) is 18.6 Å². The van der Waals surface area contributed by atoms with Crippen LogP contribution < -0.4 is 14.2 Å². The van der Waals surface area contributed by atoms with Crippen molar-refractivity contribution in [2.45, 2.75) is 10.9 Å². The van der Waals surface area contributed by atoms with Gasteiger partial charge in [-0.15, -0.1) is 5.10 Å². The molecule has 2 heterocycles. The third-order valence-corrected chi connectivity index (χ3v) is 5.25. The molecule has 0 saturated heterocycles. The van der Waals surface area contributed by atoms with Crippen molar-refractivity contribution in [1.29, 1.82) is 0 Å². The summed E-state index contributed by atoms with van der Waals surface area (Å²) >= 11 is 1.44. The van der Waals surface area contributed by atoms with Crippen molar-refractivity contribution in [3.8, 4) is 34.4 Å². The van der Waals surface area contributed by atoms with Crippen LogP contribution in [0.5, 0.6) is 17.2 Å². The van der Waals surface area contributed by atoms with Crippen LogP contribution in [-0.4, -0.2) is 46.5 Å². The maximum Gasteiger partial charge on any atom is 0.226 e. The molecule has 2 aromatic heterocycles. The fourth-order valence-electron chi connectivity index (χ4n) is 2.76. The van der Waals surface area contributed by atoms with Crippen molar-refractivity contribution in [2.24, 2.45) is 0 Å². The van der Waals surface area contributed by atoms with E-state index in [0.29, 0.717) is 34.0 Å². The Morgan fingerprint density at radius 3 is 2.47 bits per heavy atom. The number of benzene rings is 2. The number of rotatable bonds is 8. The predicted octanol–water partition coefficient (Wildman–Crippen LogP) is 3.64. The predicted molar refractivity (Wildman–Crippen MR) is 110 cm³/mol. The summed E-state index contributed by atoms with van der Waals surface area (Å²) in [6.07, 6.45) is 1.63. The number of hydrogen-bond acceptors (Lipinski definition) is 9. The van der Waals surface area contributed by atoms with Gasteiger partial charge in [0.15, 0.2) is 0 Å². The van der Waals surface area contributed by atoms with E-state index < -0.39 is 0 Å². The molecule has 0 amide bonds. The zero-order valence-corrected chi connectivity index (χ0v) is 17.4. The van der Waals surface area contributed by atoms with Crippen molar-refractivity contribution >= 4 is 11.8 Å². The van der Waals surface area contributed by atoms with E-state index in [2.05, 4.69) is 20.5 Å². The second-order valence-corrected chi connectivity index (χ2v) is 7.01. The molecule has 0 saturated carbocycles. The molecule has 0 aliphatic carbocycles. The van der Waals surface area contributed by atoms with Crippen LogP contribution in [0.1, 0.15) is 5.69 Å². The lowest BCUT2D eigenvalue weighted by Gasteiger charge is -2.10. The zero-order valence-electron chi connectivity index (χ0n) is 16.6. The van der Waals surface area contributed by atoms with E-state index in [1.165, 1.54) is 11.8 Å². The first-order valence-electron chi connectivity index (χ1n) is 8.94. The molecule has 0 atom stereocenters. The normalized spacial score (nSPS) is 10.8. The second-order valence-electron chi connectivity index (χ2n) is 6.07. The second kappa shape index (κ2) is 8.87. The highest BCUT2D eigenvalue weighted by molar-refractivity contribution is 7.98. The quantitative estimate of drug-likeness (QED) is 0.392. The highest BCUT2D eigenvalue weighted by atomic mass is 32.2. The van der Waals surface area contributed by atoms with Gasteiger partial charge in [0.2, 0.25) is 11.0 Å². The molecule has 0 aliphatic heterocycles. The highest BCUT2D eigenvalue weighted by Crippen LogP contribution is 2.31. The number of aromatic nitrogens is 5. The molecular weight excluding hydrogens is 406 g/mol. The van der Waals surface area contributed by atoms with Crippen LogP contribution >= 0.6 is 11.8 Å². The van der Waals surface area contributed by atoms with Gasteiger partial charge < -0.3 is 18.6 Å². The third kappa shape index (κ3) is 4.08. The molecule has 0 radical (unpaired) electrons. The van der Waals surface area contributed by atoms with Crippen molar-refractivity contribution in [2.75, 3.05) is 21.3 Å². The summed E-state index contributed by atoms with van der Waals surface area (Å²) in [5.41, 5.74) is 2.33. The highest BCUT2D eigenvalue weighted by Gasteiger charge is 2.16. The summed E-state index contributed by atoms with van der Waals surface area (Å²) in [5, 5.41) is 12.6. The number of ether oxygens (including phenoxy) is 3. The van der Waals surface area contributed by atoms with Crippen LogP contribution in [0.2, 0.25) is 0 Å². The Balaban J connectivity index is 1.51. The van der Waals surface area contributed by atoms with Crippen molar-refractivity contribution in [3.63, 3.8) is 0 Å². The van der Waals surface area contributed by atoms with Gasteiger partial charge in [0.1, 0.15) is 29.2 Å². The maximum atomic E-state index is 5.62. The van der Waals surface area contributed by atoms with Crippen LogP contribution in [0.3, 0.4) is 0 Å². The lowest BCUT2D eigenvalue weighted by atomic mass is 10.2. The van der Waals surface area contributed by atoms with Crippen LogP contribution in [0, 0.1) is 0 Å². The number of nitrogens with zero attached hydrogens (tertiary/aromatic N) is 5. The van der Waals surface area contributed by atoms with Crippen LogP contribution in [0.4, 0.5) is 0 Å². The topological polar surface area (TPSA) is 97.3 Å². The maximum absolute atomic E-state index is 5.62. The summed E-state index contributed by atoms with van der Waals surface area (Å²) in [7, 11) is 4.83. The van der Waals surface area contributed by atoms with E-state index in [1.807, 2.05) is 42.5 Å². The first-order valence-corrected chi connectivity index (χ1v) is 9.93.